The van der Waals surface area contributed by atoms with Crippen molar-refractivity contribution in [2.45, 2.75) is 38.5 Å². The highest BCUT2D eigenvalue weighted by molar-refractivity contribution is 5.90. The van der Waals surface area contributed by atoms with Gasteiger partial charge in [0.05, 0.1) is 7.11 Å². The van der Waals surface area contributed by atoms with Gasteiger partial charge in [-0.25, -0.2) is 9.59 Å². The van der Waals surface area contributed by atoms with E-state index in [9.17, 15) is 14.4 Å². The number of carbonyl (C=O) groups is 3. The van der Waals surface area contributed by atoms with Gasteiger partial charge in [0, 0.05) is 12.8 Å². The molecule has 0 aromatic heterocycles. The van der Waals surface area contributed by atoms with Crippen molar-refractivity contribution in [3.63, 3.8) is 0 Å². The van der Waals surface area contributed by atoms with Gasteiger partial charge in [-0.05, 0) is 23.6 Å². The van der Waals surface area contributed by atoms with E-state index >= 15 is 0 Å². The first-order valence-electron chi connectivity index (χ1n) is 11.4. The van der Waals surface area contributed by atoms with E-state index in [2.05, 4.69) is 10.6 Å². The molecule has 0 aliphatic carbocycles. The molecule has 3 rings (SSSR count). The Hall–Kier alpha value is -4.13. The van der Waals surface area contributed by atoms with Crippen LogP contribution in [0.2, 0.25) is 0 Å². The standard InChI is InChI=1S/C28H30N2O5/c1-20-13-15-22(16-14-20)18-25(27(32)34-2)29-26(31)24(17-21-9-5-3-6-10-21)30-28(33)35-19-23-11-7-4-8-12-23/h3-16,24-25H,17-19H2,1-2H3,(H,29,31)(H,30,33)/t24-,25+/m1/s1. The molecule has 0 heterocycles. The average Bonchev–Trinajstić information content (AvgIpc) is 2.88. The third-order valence-electron chi connectivity index (χ3n) is 5.47. The van der Waals surface area contributed by atoms with E-state index in [0.717, 1.165) is 22.3 Å². The molecule has 0 aliphatic heterocycles. The van der Waals surface area contributed by atoms with E-state index < -0.39 is 30.1 Å². The van der Waals surface area contributed by atoms with Crippen molar-refractivity contribution < 1.29 is 23.9 Å². The number of carbonyl (C=O) groups excluding carboxylic acids is 3. The molecule has 0 saturated carbocycles. The lowest BCUT2D eigenvalue weighted by molar-refractivity contribution is -0.145. The summed E-state index contributed by atoms with van der Waals surface area (Å²) in [4.78, 5) is 38.2. The van der Waals surface area contributed by atoms with E-state index in [1.54, 1.807) is 0 Å². The van der Waals surface area contributed by atoms with Crippen LogP contribution in [0.3, 0.4) is 0 Å². The van der Waals surface area contributed by atoms with E-state index in [1.165, 1.54) is 7.11 Å². The first kappa shape index (κ1) is 25.5. The predicted molar refractivity (Wildman–Crippen MR) is 133 cm³/mol. The minimum Gasteiger partial charge on any atom is -0.467 e. The Balaban J connectivity index is 1.71. The Morgan fingerprint density at radius 3 is 1.86 bits per heavy atom. The van der Waals surface area contributed by atoms with Gasteiger partial charge in [-0.3, -0.25) is 4.79 Å². The van der Waals surface area contributed by atoms with Gasteiger partial charge in [-0.1, -0.05) is 90.5 Å². The van der Waals surface area contributed by atoms with Crippen molar-refractivity contribution in [2.75, 3.05) is 7.11 Å². The fraction of sp³-hybridized carbons (Fsp3) is 0.250. The molecule has 3 aromatic carbocycles. The normalized spacial score (nSPS) is 12.2. The van der Waals surface area contributed by atoms with Gasteiger partial charge in [-0.15, -0.1) is 0 Å². The highest BCUT2D eigenvalue weighted by atomic mass is 16.5. The molecule has 7 heteroatoms. The first-order chi connectivity index (χ1) is 16.9. The van der Waals surface area contributed by atoms with Crippen LogP contribution in [-0.4, -0.2) is 37.2 Å². The average molecular weight is 475 g/mol. The lowest BCUT2D eigenvalue weighted by Gasteiger charge is -2.22. The number of benzene rings is 3. The minimum absolute atomic E-state index is 0.0740. The summed E-state index contributed by atoms with van der Waals surface area (Å²) in [6, 6.07) is 24.4. The summed E-state index contributed by atoms with van der Waals surface area (Å²) in [5, 5.41) is 5.39. The predicted octanol–water partition coefficient (Wildman–Crippen LogP) is 3.73. The zero-order valence-electron chi connectivity index (χ0n) is 19.9. The fourth-order valence-corrected chi connectivity index (χ4v) is 3.53. The molecule has 0 spiro atoms. The molecule has 182 valence electrons. The zero-order valence-corrected chi connectivity index (χ0v) is 19.9. The molecule has 0 aliphatic rings. The quantitative estimate of drug-likeness (QED) is 0.437. The maximum atomic E-state index is 13.2. The zero-order chi connectivity index (χ0) is 25.0. The molecule has 35 heavy (non-hydrogen) atoms. The van der Waals surface area contributed by atoms with E-state index in [0.29, 0.717) is 0 Å². The topological polar surface area (TPSA) is 93.7 Å². The van der Waals surface area contributed by atoms with Crippen LogP contribution >= 0.6 is 0 Å². The van der Waals surface area contributed by atoms with Crippen LogP contribution in [0.5, 0.6) is 0 Å². The van der Waals surface area contributed by atoms with Gasteiger partial charge in [0.1, 0.15) is 18.7 Å². The molecule has 0 bridgehead atoms. The smallest absolute Gasteiger partial charge is 0.408 e. The second-order valence-electron chi connectivity index (χ2n) is 8.22. The number of hydrogen-bond acceptors (Lipinski definition) is 5. The third-order valence-corrected chi connectivity index (χ3v) is 5.47. The number of methoxy groups -OCH3 is 1. The second-order valence-corrected chi connectivity index (χ2v) is 8.22. The number of rotatable bonds is 10. The second kappa shape index (κ2) is 12.9. The van der Waals surface area contributed by atoms with Gasteiger partial charge < -0.3 is 20.1 Å². The fourth-order valence-electron chi connectivity index (χ4n) is 3.53. The van der Waals surface area contributed by atoms with Crippen LogP contribution in [0.1, 0.15) is 22.3 Å². The molecule has 0 fully saturated rings. The van der Waals surface area contributed by atoms with Crippen molar-refractivity contribution in [1.29, 1.82) is 0 Å². The Morgan fingerprint density at radius 2 is 1.26 bits per heavy atom. The minimum atomic E-state index is -0.953. The molecule has 2 atom stereocenters. The van der Waals surface area contributed by atoms with Crippen LogP contribution < -0.4 is 10.6 Å². The molecular weight excluding hydrogens is 444 g/mol. The summed E-state index contributed by atoms with van der Waals surface area (Å²) in [6.45, 7) is 2.05. The van der Waals surface area contributed by atoms with Gasteiger partial charge in [0.2, 0.25) is 5.91 Å². The monoisotopic (exact) mass is 474 g/mol. The van der Waals surface area contributed by atoms with Crippen LogP contribution in [0.25, 0.3) is 0 Å². The molecule has 7 nitrogen and oxygen atoms in total. The number of aryl methyl sites for hydroxylation is 1. The maximum absolute atomic E-state index is 13.2. The molecule has 3 aromatic rings. The van der Waals surface area contributed by atoms with Crippen molar-refractivity contribution in [3.05, 3.63) is 107 Å². The maximum Gasteiger partial charge on any atom is 0.408 e. The lowest BCUT2D eigenvalue weighted by Crippen LogP contribution is -2.53. The molecule has 0 unspecified atom stereocenters. The summed E-state index contributed by atoms with van der Waals surface area (Å²) >= 11 is 0. The molecule has 2 N–H and O–H groups in total. The number of esters is 1. The number of hydrogen-bond donors (Lipinski definition) is 2. The Kier molecular flexibility index (Phi) is 9.42. The van der Waals surface area contributed by atoms with E-state index in [-0.39, 0.29) is 19.4 Å². The molecule has 0 saturated heterocycles. The number of ether oxygens (including phenoxy) is 2. The Bertz CT molecular complexity index is 1100. The Labute approximate surface area is 205 Å². The van der Waals surface area contributed by atoms with Crippen LogP contribution in [0, 0.1) is 6.92 Å². The summed E-state index contributed by atoms with van der Waals surface area (Å²) < 4.78 is 10.2. The molecular formula is C28H30N2O5. The number of nitrogens with one attached hydrogen (secondary N) is 2. The molecule has 0 radical (unpaired) electrons. The lowest BCUT2D eigenvalue weighted by atomic mass is 10.0. The Morgan fingerprint density at radius 1 is 0.714 bits per heavy atom. The number of alkyl carbamates (subject to hydrolysis) is 1. The van der Waals surface area contributed by atoms with Crippen molar-refractivity contribution in [3.8, 4) is 0 Å². The van der Waals surface area contributed by atoms with Gasteiger partial charge in [0.15, 0.2) is 0 Å². The summed E-state index contributed by atoms with van der Waals surface area (Å²) in [7, 11) is 1.28. The van der Waals surface area contributed by atoms with Crippen LogP contribution in [0.4, 0.5) is 4.79 Å². The van der Waals surface area contributed by atoms with Crippen molar-refractivity contribution in [2.24, 2.45) is 0 Å². The van der Waals surface area contributed by atoms with Crippen LogP contribution in [-0.2, 0) is 38.5 Å². The largest absolute Gasteiger partial charge is 0.467 e. The van der Waals surface area contributed by atoms with Gasteiger partial charge in [-0.2, -0.15) is 0 Å². The van der Waals surface area contributed by atoms with Gasteiger partial charge >= 0.3 is 12.1 Å². The number of amides is 2. The summed E-state index contributed by atoms with van der Waals surface area (Å²) in [6.07, 6.45) is -0.237. The third kappa shape index (κ3) is 8.30. The van der Waals surface area contributed by atoms with Gasteiger partial charge in [0.25, 0.3) is 0 Å². The highest BCUT2D eigenvalue weighted by Crippen LogP contribution is 2.10. The summed E-state index contributed by atoms with van der Waals surface area (Å²) in [5.41, 5.74) is 3.65. The first-order valence-corrected chi connectivity index (χ1v) is 11.4. The van der Waals surface area contributed by atoms with E-state index in [4.69, 9.17) is 9.47 Å². The van der Waals surface area contributed by atoms with Crippen molar-refractivity contribution >= 4 is 18.0 Å². The SMILES string of the molecule is COC(=O)[C@H](Cc1ccc(C)cc1)NC(=O)[C@@H](Cc1ccccc1)NC(=O)OCc1ccccc1. The molecule has 2 amide bonds. The van der Waals surface area contributed by atoms with Crippen molar-refractivity contribution in [1.82, 2.24) is 10.6 Å². The van der Waals surface area contributed by atoms with E-state index in [1.807, 2.05) is 91.9 Å². The highest BCUT2D eigenvalue weighted by Gasteiger charge is 2.28. The summed E-state index contributed by atoms with van der Waals surface area (Å²) in [5.74, 6) is -1.07. The van der Waals surface area contributed by atoms with Crippen LogP contribution in [0.15, 0.2) is 84.9 Å².